The minimum Gasteiger partial charge on any atom is -0.400 e. The van der Waals surface area contributed by atoms with Crippen molar-refractivity contribution in [2.24, 2.45) is 0 Å². The van der Waals surface area contributed by atoms with Crippen molar-refractivity contribution in [2.75, 3.05) is 7.11 Å². The quantitative estimate of drug-likeness (QED) is 0.678. The molecule has 2 rings (SSSR count). The maximum absolute atomic E-state index is 7.00. The van der Waals surface area contributed by atoms with Crippen LogP contribution in [0.25, 0.3) is 10.9 Å². The summed E-state index contributed by atoms with van der Waals surface area (Å²) >= 11 is 5.67. The molecule has 3 heteroatoms. The highest BCUT2D eigenvalue weighted by atomic mass is 35.5. The van der Waals surface area contributed by atoms with Crippen molar-refractivity contribution in [3.8, 4) is 0 Å². The van der Waals surface area contributed by atoms with Gasteiger partial charge in [0.2, 0.25) is 0 Å². The Kier molecular flexibility index (Phi) is 3.80. The zero-order valence-corrected chi connectivity index (χ0v) is 8.17. The number of H-pyrrole nitrogens is 1. The van der Waals surface area contributed by atoms with Crippen molar-refractivity contribution in [3.05, 3.63) is 36.0 Å². The molecule has 0 radical (unpaired) electrons. The van der Waals surface area contributed by atoms with Gasteiger partial charge in [-0.1, -0.05) is 18.2 Å². The second kappa shape index (κ2) is 4.90. The molecule has 1 aromatic heterocycles. The lowest BCUT2D eigenvalue weighted by molar-refractivity contribution is 0.399. The van der Waals surface area contributed by atoms with Gasteiger partial charge < -0.3 is 10.1 Å². The van der Waals surface area contributed by atoms with Crippen LogP contribution in [0.15, 0.2) is 30.3 Å². The van der Waals surface area contributed by atoms with Crippen molar-refractivity contribution in [2.45, 2.75) is 5.88 Å². The minimum atomic E-state index is 0.550. The maximum Gasteiger partial charge on any atom is 0.0625 e. The van der Waals surface area contributed by atoms with Gasteiger partial charge in [0.05, 0.1) is 5.88 Å². The predicted octanol–water partition coefficient (Wildman–Crippen LogP) is 2.52. The number of fused-ring (bicyclic) bond motifs is 1. The number of hydrogen-bond acceptors (Lipinski definition) is 1. The number of aliphatic hydroxyl groups excluding tert-OH is 1. The Labute approximate surface area is 82.2 Å². The van der Waals surface area contributed by atoms with Gasteiger partial charge in [-0.05, 0) is 17.5 Å². The van der Waals surface area contributed by atoms with E-state index in [1.807, 2.05) is 18.2 Å². The van der Waals surface area contributed by atoms with E-state index in [9.17, 15) is 0 Å². The second-order valence-electron chi connectivity index (χ2n) is 2.52. The standard InChI is InChI=1S/C9H8ClN.CH4O/c10-6-8-5-7-3-1-2-4-9(7)11-8;1-2/h1-5,11H,6H2;2H,1H3. The molecule has 0 fully saturated rings. The molecular weight excluding hydrogens is 186 g/mol. The number of aromatic amines is 1. The van der Waals surface area contributed by atoms with E-state index in [-0.39, 0.29) is 0 Å². The van der Waals surface area contributed by atoms with E-state index in [0.717, 1.165) is 18.3 Å². The fraction of sp³-hybridized carbons (Fsp3) is 0.200. The number of hydrogen-bond donors (Lipinski definition) is 2. The molecule has 0 saturated heterocycles. The van der Waals surface area contributed by atoms with Crippen molar-refractivity contribution in [3.63, 3.8) is 0 Å². The second-order valence-corrected chi connectivity index (χ2v) is 2.78. The lowest BCUT2D eigenvalue weighted by Gasteiger charge is -1.84. The van der Waals surface area contributed by atoms with Crippen molar-refractivity contribution < 1.29 is 5.11 Å². The Morgan fingerprint density at radius 2 is 2.00 bits per heavy atom. The van der Waals surface area contributed by atoms with Gasteiger partial charge in [0.25, 0.3) is 0 Å². The zero-order chi connectivity index (χ0) is 9.68. The van der Waals surface area contributed by atoms with E-state index in [1.54, 1.807) is 0 Å². The third kappa shape index (κ3) is 2.23. The molecule has 0 aliphatic carbocycles. The van der Waals surface area contributed by atoms with Crippen LogP contribution in [0, 0.1) is 0 Å². The number of rotatable bonds is 1. The van der Waals surface area contributed by atoms with Gasteiger partial charge >= 0.3 is 0 Å². The molecule has 0 aliphatic rings. The van der Waals surface area contributed by atoms with Gasteiger partial charge in [-0.2, -0.15) is 0 Å². The van der Waals surface area contributed by atoms with E-state index in [0.29, 0.717) is 5.88 Å². The summed E-state index contributed by atoms with van der Waals surface area (Å²) in [6, 6.07) is 10.2. The van der Waals surface area contributed by atoms with Gasteiger partial charge in [-0.15, -0.1) is 11.6 Å². The van der Waals surface area contributed by atoms with Crippen LogP contribution >= 0.6 is 11.6 Å². The molecule has 0 amide bonds. The summed E-state index contributed by atoms with van der Waals surface area (Å²) in [5.41, 5.74) is 2.23. The number of nitrogens with one attached hydrogen (secondary N) is 1. The van der Waals surface area contributed by atoms with Crippen LogP contribution in [0.3, 0.4) is 0 Å². The van der Waals surface area contributed by atoms with Crippen molar-refractivity contribution in [1.29, 1.82) is 0 Å². The average molecular weight is 198 g/mol. The Morgan fingerprint density at radius 1 is 1.31 bits per heavy atom. The first-order chi connectivity index (χ1) is 6.40. The number of para-hydroxylation sites is 1. The Bertz CT molecular complexity index is 337. The van der Waals surface area contributed by atoms with Crippen LogP contribution < -0.4 is 0 Å². The number of benzene rings is 1. The summed E-state index contributed by atoms with van der Waals surface area (Å²) in [4.78, 5) is 3.21. The van der Waals surface area contributed by atoms with Crippen molar-refractivity contribution in [1.82, 2.24) is 4.98 Å². The molecule has 1 heterocycles. The summed E-state index contributed by atoms with van der Waals surface area (Å²) in [5, 5.41) is 8.23. The fourth-order valence-corrected chi connectivity index (χ4v) is 1.35. The van der Waals surface area contributed by atoms with Gasteiger partial charge in [-0.25, -0.2) is 0 Å². The monoisotopic (exact) mass is 197 g/mol. The first-order valence-electron chi connectivity index (χ1n) is 3.97. The van der Waals surface area contributed by atoms with Gasteiger partial charge in [-0.3, -0.25) is 0 Å². The van der Waals surface area contributed by atoms with Gasteiger partial charge in [0.1, 0.15) is 0 Å². The van der Waals surface area contributed by atoms with Gasteiger partial charge in [0.15, 0.2) is 0 Å². The largest absolute Gasteiger partial charge is 0.400 e. The maximum atomic E-state index is 7.00. The first-order valence-corrected chi connectivity index (χ1v) is 4.51. The van der Waals surface area contributed by atoms with Crippen molar-refractivity contribution >= 4 is 22.5 Å². The number of alkyl halides is 1. The van der Waals surface area contributed by atoms with Gasteiger partial charge in [0, 0.05) is 18.3 Å². The van der Waals surface area contributed by atoms with E-state index in [1.165, 1.54) is 5.39 Å². The van der Waals surface area contributed by atoms with Crippen LogP contribution in [0.1, 0.15) is 5.69 Å². The van der Waals surface area contributed by atoms with E-state index in [2.05, 4.69) is 17.1 Å². The summed E-state index contributed by atoms with van der Waals surface area (Å²) in [7, 11) is 1.00. The number of aromatic nitrogens is 1. The van der Waals surface area contributed by atoms with E-state index < -0.39 is 0 Å². The van der Waals surface area contributed by atoms with E-state index >= 15 is 0 Å². The van der Waals surface area contributed by atoms with Crippen LogP contribution in [0.5, 0.6) is 0 Å². The molecule has 0 bridgehead atoms. The number of halogens is 1. The predicted molar refractivity (Wildman–Crippen MR) is 56.0 cm³/mol. The summed E-state index contributed by atoms with van der Waals surface area (Å²) in [5.74, 6) is 0.550. The normalized spacial score (nSPS) is 9.46. The van der Waals surface area contributed by atoms with Crippen LogP contribution in [-0.2, 0) is 5.88 Å². The molecule has 0 atom stereocenters. The molecule has 2 aromatic rings. The first kappa shape index (κ1) is 10.1. The Balaban J connectivity index is 0.000000396. The average Bonchev–Trinajstić information content (AvgIpc) is 2.63. The van der Waals surface area contributed by atoms with Crippen LogP contribution in [-0.4, -0.2) is 17.2 Å². The topological polar surface area (TPSA) is 36.0 Å². The lowest BCUT2D eigenvalue weighted by Crippen LogP contribution is -1.72. The molecule has 1 aromatic carbocycles. The molecule has 2 nitrogen and oxygen atoms in total. The number of aliphatic hydroxyl groups is 1. The lowest BCUT2D eigenvalue weighted by atomic mass is 10.2. The van der Waals surface area contributed by atoms with Crippen LogP contribution in [0.2, 0.25) is 0 Å². The SMILES string of the molecule is CO.ClCc1cc2ccccc2[nH]1. The summed E-state index contributed by atoms with van der Waals surface area (Å²) in [6.07, 6.45) is 0. The molecule has 0 unspecified atom stereocenters. The molecule has 0 aliphatic heterocycles. The zero-order valence-electron chi connectivity index (χ0n) is 7.42. The molecule has 13 heavy (non-hydrogen) atoms. The molecular formula is C10H12ClNO. The summed E-state index contributed by atoms with van der Waals surface area (Å²) in [6.45, 7) is 0. The highest BCUT2D eigenvalue weighted by Gasteiger charge is 1.96. The third-order valence-electron chi connectivity index (χ3n) is 1.73. The Morgan fingerprint density at radius 3 is 2.62 bits per heavy atom. The Hall–Kier alpha value is -0.990. The third-order valence-corrected chi connectivity index (χ3v) is 2.02. The summed E-state index contributed by atoms with van der Waals surface area (Å²) < 4.78 is 0. The molecule has 0 spiro atoms. The highest BCUT2D eigenvalue weighted by Crippen LogP contribution is 2.15. The highest BCUT2D eigenvalue weighted by molar-refractivity contribution is 6.17. The molecule has 0 saturated carbocycles. The van der Waals surface area contributed by atoms with Crippen LogP contribution in [0.4, 0.5) is 0 Å². The minimum absolute atomic E-state index is 0.550. The molecule has 2 N–H and O–H groups in total. The molecule has 70 valence electrons. The smallest absolute Gasteiger partial charge is 0.0625 e. The fourth-order valence-electron chi connectivity index (χ4n) is 1.21. The van der Waals surface area contributed by atoms with E-state index in [4.69, 9.17) is 16.7 Å².